The number of rotatable bonds is 4. The Bertz CT molecular complexity index is 921. The van der Waals surface area contributed by atoms with Gasteiger partial charge in [0.05, 0.1) is 5.69 Å². The molecule has 0 fully saturated rings. The Morgan fingerprint density at radius 3 is 2.44 bits per heavy atom. The monoisotopic (exact) mass is 329 g/mol. The summed E-state index contributed by atoms with van der Waals surface area (Å²) in [5.74, 6) is -0.339. The lowest BCUT2D eigenvalue weighted by Crippen LogP contribution is -2.13. The number of benzene rings is 2. The smallest absolute Gasteiger partial charge is 0.375 e. The first-order valence-electron chi connectivity index (χ1n) is 7.97. The van der Waals surface area contributed by atoms with E-state index in [2.05, 4.69) is 4.98 Å². The maximum atomic E-state index is 12.6. The van der Waals surface area contributed by atoms with Crippen molar-refractivity contribution in [3.05, 3.63) is 102 Å². The highest BCUT2D eigenvalue weighted by Crippen LogP contribution is 2.27. The van der Waals surface area contributed by atoms with Gasteiger partial charge in [-0.05, 0) is 29.8 Å². The summed E-state index contributed by atoms with van der Waals surface area (Å²) in [6.07, 6.45) is 1.09. The number of furan rings is 1. The van der Waals surface area contributed by atoms with E-state index < -0.39 is 12.1 Å². The quantitative estimate of drug-likeness (QED) is 0.506. The fourth-order valence-corrected chi connectivity index (χ4v) is 2.71. The summed E-state index contributed by atoms with van der Waals surface area (Å²) >= 11 is 0. The second kappa shape index (κ2) is 6.61. The minimum Gasteiger partial charge on any atom is -0.449 e. The molecule has 2 aromatic heterocycles. The van der Waals surface area contributed by atoms with Crippen LogP contribution in [-0.2, 0) is 4.74 Å². The average Bonchev–Trinajstić information content (AvgIpc) is 3.12. The molecule has 25 heavy (non-hydrogen) atoms. The van der Waals surface area contributed by atoms with Crippen LogP contribution in [0, 0.1) is 0 Å². The zero-order valence-corrected chi connectivity index (χ0v) is 13.3. The maximum absolute atomic E-state index is 12.6. The van der Waals surface area contributed by atoms with Crippen molar-refractivity contribution in [3.8, 4) is 0 Å². The topological polar surface area (TPSA) is 52.3 Å². The van der Waals surface area contributed by atoms with Crippen LogP contribution < -0.4 is 0 Å². The van der Waals surface area contributed by atoms with Crippen LogP contribution in [0.5, 0.6) is 0 Å². The summed E-state index contributed by atoms with van der Waals surface area (Å²) in [6.45, 7) is 0. The highest BCUT2D eigenvalue weighted by Gasteiger charge is 2.23. The van der Waals surface area contributed by atoms with Crippen LogP contribution in [0.4, 0.5) is 0 Å². The largest absolute Gasteiger partial charge is 0.449 e. The minimum absolute atomic E-state index is 0.179. The molecular weight excluding hydrogens is 314 g/mol. The summed E-state index contributed by atoms with van der Waals surface area (Å²) in [6, 6.07) is 24.2. The summed E-state index contributed by atoms with van der Waals surface area (Å²) in [4.78, 5) is 17.0. The molecule has 0 amide bonds. The number of hydrogen-bond donors (Lipinski definition) is 0. The summed E-state index contributed by atoms with van der Waals surface area (Å²) in [7, 11) is 0. The molecule has 0 saturated heterocycles. The Kier molecular flexibility index (Phi) is 4.01. The molecular formula is C21H15NO3. The van der Waals surface area contributed by atoms with Crippen molar-refractivity contribution in [2.45, 2.75) is 6.10 Å². The lowest BCUT2D eigenvalue weighted by atomic mass is 10.1. The molecule has 4 aromatic rings. The average molecular weight is 329 g/mol. The van der Waals surface area contributed by atoms with E-state index in [1.54, 1.807) is 12.3 Å². The first kappa shape index (κ1) is 15.1. The lowest BCUT2D eigenvalue weighted by Gasteiger charge is -2.17. The van der Waals surface area contributed by atoms with Gasteiger partial charge in [0, 0.05) is 11.6 Å². The van der Waals surface area contributed by atoms with Crippen LogP contribution in [0.3, 0.4) is 0 Å². The summed E-state index contributed by atoms with van der Waals surface area (Å²) < 4.78 is 11.4. The molecule has 2 heterocycles. The molecule has 0 bridgehead atoms. The van der Waals surface area contributed by atoms with Crippen molar-refractivity contribution >= 4 is 16.9 Å². The number of ether oxygens (including phenoxy) is 1. The van der Waals surface area contributed by atoms with E-state index in [4.69, 9.17) is 9.15 Å². The lowest BCUT2D eigenvalue weighted by molar-refractivity contribution is 0.0337. The fourth-order valence-electron chi connectivity index (χ4n) is 2.71. The number of hydrogen-bond acceptors (Lipinski definition) is 4. The van der Waals surface area contributed by atoms with Crippen molar-refractivity contribution in [2.24, 2.45) is 0 Å². The van der Waals surface area contributed by atoms with Gasteiger partial charge in [-0.25, -0.2) is 4.79 Å². The molecule has 0 aliphatic rings. The predicted octanol–water partition coefficient (Wildman–Crippen LogP) is 4.77. The molecule has 0 aliphatic heterocycles. The van der Waals surface area contributed by atoms with Gasteiger partial charge in [0.1, 0.15) is 5.58 Å². The summed E-state index contributed by atoms with van der Waals surface area (Å²) in [5, 5.41) is 0.864. The summed E-state index contributed by atoms with van der Waals surface area (Å²) in [5.41, 5.74) is 2.17. The molecule has 2 aromatic carbocycles. The first-order valence-corrected chi connectivity index (χ1v) is 7.97. The van der Waals surface area contributed by atoms with Crippen LogP contribution in [0.2, 0.25) is 0 Å². The normalized spacial score (nSPS) is 12.0. The molecule has 4 nitrogen and oxygen atoms in total. The molecule has 0 saturated carbocycles. The number of nitrogens with zero attached hydrogens (tertiary/aromatic N) is 1. The minimum atomic E-state index is -0.594. The van der Waals surface area contributed by atoms with Crippen LogP contribution in [0.1, 0.15) is 27.9 Å². The molecule has 0 N–H and O–H groups in total. The number of para-hydroxylation sites is 1. The van der Waals surface area contributed by atoms with Gasteiger partial charge >= 0.3 is 5.97 Å². The molecule has 4 heteroatoms. The maximum Gasteiger partial charge on any atom is 0.375 e. The number of aromatic nitrogens is 1. The number of pyridine rings is 1. The van der Waals surface area contributed by atoms with Crippen LogP contribution >= 0.6 is 0 Å². The van der Waals surface area contributed by atoms with Crippen LogP contribution in [-0.4, -0.2) is 11.0 Å². The molecule has 0 spiro atoms. The Morgan fingerprint density at radius 1 is 0.920 bits per heavy atom. The highest BCUT2D eigenvalue weighted by molar-refractivity contribution is 5.92. The number of fused-ring (bicyclic) bond motifs is 1. The van der Waals surface area contributed by atoms with Gasteiger partial charge in [0.25, 0.3) is 0 Å². The first-order chi connectivity index (χ1) is 12.3. The molecule has 0 radical (unpaired) electrons. The van der Waals surface area contributed by atoms with Crippen molar-refractivity contribution < 1.29 is 13.9 Å². The predicted molar refractivity (Wildman–Crippen MR) is 94.2 cm³/mol. The van der Waals surface area contributed by atoms with E-state index in [1.807, 2.05) is 72.8 Å². The van der Waals surface area contributed by atoms with E-state index in [1.165, 1.54) is 0 Å². The number of carbonyl (C=O) groups is 1. The molecule has 4 rings (SSSR count). The van der Waals surface area contributed by atoms with Crippen LogP contribution in [0.25, 0.3) is 11.0 Å². The third-order valence-corrected chi connectivity index (χ3v) is 3.91. The Balaban J connectivity index is 1.67. The third-order valence-electron chi connectivity index (χ3n) is 3.91. The van der Waals surface area contributed by atoms with Gasteiger partial charge in [-0.2, -0.15) is 0 Å². The van der Waals surface area contributed by atoms with Gasteiger partial charge in [0.2, 0.25) is 5.76 Å². The van der Waals surface area contributed by atoms with Gasteiger partial charge < -0.3 is 9.15 Å². The van der Waals surface area contributed by atoms with E-state index in [9.17, 15) is 4.79 Å². The second-order valence-electron chi connectivity index (χ2n) is 5.60. The van der Waals surface area contributed by atoms with Crippen molar-refractivity contribution in [2.75, 3.05) is 0 Å². The van der Waals surface area contributed by atoms with Gasteiger partial charge in [-0.3, -0.25) is 4.98 Å². The van der Waals surface area contributed by atoms with Gasteiger partial charge in [-0.15, -0.1) is 0 Å². The second-order valence-corrected chi connectivity index (χ2v) is 5.60. The molecule has 0 aliphatic carbocycles. The SMILES string of the molecule is O=C(O[C@H](c1ccccc1)c1ccccn1)c1cc2ccccc2o1. The van der Waals surface area contributed by atoms with Gasteiger partial charge in [-0.1, -0.05) is 54.6 Å². The standard InChI is InChI=1S/C21H15NO3/c23-21(19-14-16-10-4-5-12-18(16)24-19)25-20(15-8-2-1-3-9-15)17-11-6-7-13-22-17/h1-14,20H/t20-/m1/s1. The molecule has 0 unspecified atom stereocenters. The van der Waals surface area contributed by atoms with E-state index in [0.29, 0.717) is 11.3 Å². The fraction of sp³-hybridized carbons (Fsp3) is 0.0476. The van der Waals surface area contributed by atoms with E-state index >= 15 is 0 Å². The zero-order valence-electron chi connectivity index (χ0n) is 13.3. The Labute approximate surface area is 144 Å². The zero-order chi connectivity index (χ0) is 17.1. The molecule has 1 atom stereocenters. The van der Waals surface area contributed by atoms with Gasteiger partial charge in [0.15, 0.2) is 6.10 Å². The van der Waals surface area contributed by atoms with Crippen LogP contribution in [0.15, 0.2) is 89.5 Å². The van der Waals surface area contributed by atoms with E-state index in [0.717, 1.165) is 10.9 Å². The molecule has 122 valence electrons. The van der Waals surface area contributed by atoms with Crippen molar-refractivity contribution in [1.82, 2.24) is 4.98 Å². The third kappa shape index (κ3) is 3.15. The van der Waals surface area contributed by atoms with Crippen molar-refractivity contribution in [3.63, 3.8) is 0 Å². The Morgan fingerprint density at radius 2 is 1.68 bits per heavy atom. The number of esters is 1. The number of carbonyl (C=O) groups excluding carboxylic acids is 1. The highest BCUT2D eigenvalue weighted by atomic mass is 16.6. The Hall–Kier alpha value is -3.40. The van der Waals surface area contributed by atoms with Crippen molar-refractivity contribution in [1.29, 1.82) is 0 Å². The van der Waals surface area contributed by atoms with E-state index in [-0.39, 0.29) is 5.76 Å².